The van der Waals surface area contributed by atoms with Gasteiger partial charge in [0, 0.05) is 12.6 Å². The fraction of sp³-hybridized carbons (Fsp3) is 0.214. The fourth-order valence-electron chi connectivity index (χ4n) is 2.03. The van der Waals surface area contributed by atoms with Crippen molar-refractivity contribution < 1.29 is 14.4 Å². The topological polar surface area (TPSA) is 66.5 Å². The molecule has 0 aliphatic carbocycles. The van der Waals surface area contributed by atoms with E-state index in [0.29, 0.717) is 11.1 Å². The van der Waals surface area contributed by atoms with Gasteiger partial charge in [0.25, 0.3) is 11.8 Å². The number of carbonyl (C=O) groups excluding carboxylic acids is 3. The van der Waals surface area contributed by atoms with Gasteiger partial charge in [0.15, 0.2) is 0 Å². The third-order valence-corrected chi connectivity index (χ3v) is 2.91. The Morgan fingerprint density at radius 3 is 2.32 bits per heavy atom. The summed E-state index contributed by atoms with van der Waals surface area (Å²) in [5.74, 6) is -0.968. The highest BCUT2D eigenvalue weighted by Crippen LogP contribution is 2.22. The molecule has 0 spiro atoms. The molecule has 2 rings (SSSR count). The molecule has 5 heteroatoms. The molecule has 1 atom stereocenters. The second-order valence-electron chi connectivity index (χ2n) is 4.38. The van der Waals surface area contributed by atoms with Crippen LogP contribution < -0.4 is 5.32 Å². The van der Waals surface area contributed by atoms with Gasteiger partial charge in [-0.3, -0.25) is 19.3 Å². The average Bonchev–Trinajstić information content (AvgIpc) is 2.64. The summed E-state index contributed by atoms with van der Waals surface area (Å²) in [6.45, 7) is 5.22. The maximum atomic E-state index is 12.1. The Morgan fingerprint density at radius 2 is 1.84 bits per heavy atom. The highest BCUT2D eigenvalue weighted by Gasteiger charge is 2.35. The van der Waals surface area contributed by atoms with E-state index in [1.54, 1.807) is 31.2 Å². The molecule has 0 aromatic heterocycles. The number of rotatable bonds is 4. The first kappa shape index (κ1) is 13.0. The predicted molar refractivity (Wildman–Crippen MR) is 69.6 cm³/mol. The van der Waals surface area contributed by atoms with E-state index in [2.05, 4.69) is 11.9 Å². The number of nitrogens with zero attached hydrogens (tertiary/aromatic N) is 1. The fourth-order valence-corrected chi connectivity index (χ4v) is 2.03. The number of nitrogens with one attached hydrogen (secondary N) is 1. The maximum Gasteiger partial charge on any atom is 0.261 e. The average molecular weight is 258 g/mol. The molecular formula is C14H14N2O3. The summed E-state index contributed by atoms with van der Waals surface area (Å²) < 4.78 is 0. The van der Waals surface area contributed by atoms with E-state index in [-0.39, 0.29) is 30.3 Å². The number of fused-ring (bicyclic) bond motifs is 1. The molecule has 1 unspecified atom stereocenters. The number of carbonyl (C=O) groups is 3. The molecule has 1 aliphatic rings. The van der Waals surface area contributed by atoms with Crippen LogP contribution in [0.25, 0.3) is 0 Å². The third-order valence-electron chi connectivity index (χ3n) is 2.91. The van der Waals surface area contributed by atoms with Gasteiger partial charge < -0.3 is 5.32 Å². The SMILES string of the molecule is C=CC(=O)NC(C)CN1C(=O)c2ccccc2C1=O. The monoisotopic (exact) mass is 258 g/mol. The number of imide groups is 1. The molecule has 0 radical (unpaired) electrons. The quantitative estimate of drug-likeness (QED) is 0.646. The van der Waals surface area contributed by atoms with E-state index < -0.39 is 0 Å². The summed E-state index contributed by atoms with van der Waals surface area (Å²) in [6, 6.07) is 6.37. The number of hydrogen-bond donors (Lipinski definition) is 1. The Bertz CT molecular complexity index is 531. The van der Waals surface area contributed by atoms with Crippen molar-refractivity contribution in [2.45, 2.75) is 13.0 Å². The molecule has 98 valence electrons. The smallest absolute Gasteiger partial charge is 0.261 e. The van der Waals surface area contributed by atoms with Crippen molar-refractivity contribution >= 4 is 17.7 Å². The summed E-state index contributed by atoms with van der Waals surface area (Å²) in [4.78, 5) is 36.5. The van der Waals surface area contributed by atoms with Gasteiger partial charge in [-0.05, 0) is 25.1 Å². The zero-order valence-corrected chi connectivity index (χ0v) is 10.6. The van der Waals surface area contributed by atoms with E-state index in [4.69, 9.17) is 0 Å². The molecule has 1 aromatic rings. The predicted octanol–water partition coefficient (Wildman–Crippen LogP) is 0.973. The van der Waals surface area contributed by atoms with Gasteiger partial charge in [-0.15, -0.1) is 0 Å². The van der Waals surface area contributed by atoms with Gasteiger partial charge in [0.1, 0.15) is 0 Å². The van der Waals surface area contributed by atoms with Crippen LogP contribution in [-0.4, -0.2) is 35.2 Å². The van der Waals surface area contributed by atoms with Gasteiger partial charge in [-0.25, -0.2) is 0 Å². The van der Waals surface area contributed by atoms with Crippen LogP contribution in [0.2, 0.25) is 0 Å². The Balaban J connectivity index is 2.12. The number of amides is 3. The van der Waals surface area contributed by atoms with Crippen LogP contribution >= 0.6 is 0 Å². The number of hydrogen-bond acceptors (Lipinski definition) is 3. The number of benzene rings is 1. The molecule has 3 amide bonds. The first-order valence-electron chi connectivity index (χ1n) is 5.92. The molecular weight excluding hydrogens is 244 g/mol. The zero-order chi connectivity index (χ0) is 14.0. The van der Waals surface area contributed by atoms with Crippen LogP contribution in [0.5, 0.6) is 0 Å². The largest absolute Gasteiger partial charge is 0.348 e. The summed E-state index contributed by atoms with van der Waals surface area (Å²) >= 11 is 0. The van der Waals surface area contributed by atoms with Crippen molar-refractivity contribution in [3.05, 3.63) is 48.0 Å². The molecule has 1 aliphatic heterocycles. The van der Waals surface area contributed by atoms with Crippen molar-refractivity contribution in [1.29, 1.82) is 0 Å². The van der Waals surface area contributed by atoms with Gasteiger partial charge in [-0.1, -0.05) is 18.7 Å². The summed E-state index contributed by atoms with van der Waals surface area (Å²) in [5, 5.41) is 2.62. The minimum atomic E-state index is -0.330. The van der Waals surface area contributed by atoms with Crippen LogP contribution in [0.3, 0.4) is 0 Å². The first-order chi connectivity index (χ1) is 9.04. The lowest BCUT2D eigenvalue weighted by Gasteiger charge is -2.19. The minimum absolute atomic E-state index is 0.145. The summed E-state index contributed by atoms with van der Waals surface area (Å²) in [7, 11) is 0. The maximum absolute atomic E-state index is 12.1. The van der Waals surface area contributed by atoms with Crippen LogP contribution in [0.1, 0.15) is 27.6 Å². The van der Waals surface area contributed by atoms with E-state index in [1.165, 1.54) is 0 Å². The van der Waals surface area contributed by atoms with E-state index in [1.807, 2.05) is 0 Å². The third kappa shape index (κ3) is 2.40. The van der Waals surface area contributed by atoms with Gasteiger partial charge in [-0.2, -0.15) is 0 Å². The van der Waals surface area contributed by atoms with E-state index >= 15 is 0 Å². The standard InChI is InChI=1S/C14H14N2O3/c1-3-12(17)15-9(2)8-16-13(18)10-6-4-5-7-11(10)14(16)19/h3-7,9H,1,8H2,2H3,(H,15,17). The molecule has 1 heterocycles. The lowest BCUT2D eigenvalue weighted by Crippen LogP contribution is -2.43. The normalized spacial score (nSPS) is 15.1. The van der Waals surface area contributed by atoms with Crippen molar-refractivity contribution in [3.8, 4) is 0 Å². The van der Waals surface area contributed by atoms with Gasteiger partial charge in [0.05, 0.1) is 11.1 Å². The molecule has 0 saturated carbocycles. The molecule has 19 heavy (non-hydrogen) atoms. The highest BCUT2D eigenvalue weighted by molar-refractivity contribution is 6.21. The Morgan fingerprint density at radius 1 is 1.32 bits per heavy atom. The molecule has 5 nitrogen and oxygen atoms in total. The van der Waals surface area contributed by atoms with Crippen molar-refractivity contribution in [3.63, 3.8) is 0 Å². The van der Waals surface area contributed by atoms with E-state index in [9.17, 15) is 14.4 Å². The molecule has 1 aromatic carbocycles. The zero-order valence-electron chi connectivity index (χ0n) is 10.6. The molecule has 0 fully saturated rings. The lowest BCUT2D eigenvalue weighted by molar-refractivity contribution is -0.117. The van der Waals surface area contributed by atoms with Crippen LogP contribution in [0.4, 0.5) is 0 Å². The second-order valence-corrected chi connectivity index (χ2v) is 4.38. The van der Waals surface area contributed by atoms with Gasteiger partial charge in [0.2, 0.25) is 5.91 Å². The molecule has 1 N–H and O–H groups in total. The molecule has 0 saturated heterocycles. The van der Waals surface area contributed by atoms with Gasteiger partial charge >= 0.3 is 0 Å². The minimum Gasteiger partial charge on any atom is -0.348 e. The Kier molecular flexibility index (Phi) is 3.46. The van der Waals surface area contributed by atoms with Crippen molar-refractivity contribution in [2.24, 2.45) is 0 Å². The van der Waals surface area contributed by atoms with Crippen LogP contribution in [0, 0.1) is 0 Å². The highest BCUT2D eigenvalue weighted by atomic mass is 16.2. The van der Waals surface area contributed by atoms with Crippen molar-refractivity contribution in [2.75, 3.05) is 6.54 Å². The van der Waals surface area contributed by atoms with Crippen LogP contribution in [-0.2, 0) is 4.79 Å². The molecule has 0 bridgehead atoms. The second kappa shape index (κ2) is 5.06. The Labute approximate surface area is 110 Å². The van der Waals surface area contributed by atoms with Crippen molar-refractivity contribution in [1.82, 2.24) is 10.2 Å². The van der Waals surface area contributed by atoms with E-state index in [0.717, 1.165) is 11.0 Å². The van der Waals surface area contributed by atoms with Crippen LogP contribution in [0.15, 0.2) is 36.9 Å². The summed E-state index contributed by atoms with van der Waals surface area (Å²) in [6.07, 6.45) is 1.15. The first-order valence-corrected chi connectivity index (χ1v) is 5.92. The Hall–Kier alpha value is -2.43. The lowest BCUT2D eigenvalue weighted by atomic mass is 10.1. The summed E-state index contributed by atoms with van der Waals surface area (Å²) in [5.41, 5.74) is 0.824.